The molecule has 1 saturated heterocycles. The van der Waals surface area contributed by atoms with Crippen molar-refractivity contribution in [1.29, 1.82) is 0 Å². The van der Waals surface area contributed by atoms with Gasteiger partial charge in [-0.25, -0.2) is 15.0 Å². The smallest absolute Gasteiger partial charge is 0.150 e. The first-order valence-corrected chi connectivity index (χ1v) is 15.0. The van der Waals surface area contributed by atoms with Crippen molar-refractivity contribution in [3.05, 3.63) is 89.3 Å². The Kier molecular flexibility index (Phi) is 6.67. The number of anilines is 1. The SMILES string of the molecule is Cc1cccc2[nH]c(Cc3ccc(-c4nc(C(C)C)n5c(CN6CCC[C@H](N)C6)cnc(N)c45)c4ccccc34)nc12. The monoisotopic (exact) mass is 558 g/mol. The van der Waals surface area contributed by atoms with Gasteiger partial charge in [0.15, 0.2) is 0 Å². The van der Waals surface area contributed by atoms with Crippen LogP contribution < -0.4 is 11.5 Å². The third kappa shape index (κ3) is 4.61. The Hall–Kier alpha value is -4.27. The summed E-state index contributed by atoms with van der Waals surface area (Å²) in [6.45, 7) is 9.17. The van der Waals surface area contributed by atoms with Crippen molar-refractivity contribution in [2.75, 3.05) is 18.8 Å². The molecule has 7 rings (SSSR count). The molecule has 8 nitrogen and oxygen atoms in total. The first kappa shape index (κ1) is 26.6. The topological polar surface area (TPSA) is 114 Å². The van der Waals surface area contributed by atoms with E-state index in [2.05, 4.69) is 94.6 Å². The van der Waals surface area contributed by atoms with Crippen LogP contribution in [0.2, 0.25) is 0 Å². The molecule has 0 aliphatic carbocycles. The second kappa shape index (κ2) is 10.5. The van der Waals surface area contributed by atoms with Crippen LogP contribution in [0.15, 0.2) is 60.8 Å². The second-order valence-corrected chi connectivity index (χ2v) is 12.1. The third-order valence-electron chi connectivity index (χ3n) is 8.62. The quantitative estimate of drug-likeness (QED) is 0.233. The van der Waals surface area contributed by atoms with Crippen LogP contribution in [0.1, 0.15) is 61.1 Å². The highest BCUT2D eigenvalue weighted by molar-refractivity contribution is 6.02. The normalized spacial score (nSPS) is 16.4. The maximum atomic E-state index is 6.64. The molecule has 5 N–H and O–H groups in total. The fourth-order valence-electron chi connectivity index (χ4n) is 6.59. The average molecular weight is 559 g/mol. The number of nitrogen functional groups attached to an aromatic ring is 1. The first-order valence-electron chi connectivity index (χ1n) is 15.0. The van der Waals surface area contributed by atoms with Gasteiger partial charge >= 0.3 is 0 Å². The van der Waals surface area contributed by atoms with Crippen LogP contribution in [0.3, 0.4) is 0 Å². The molecule has 4 heterocycles. The molecule has 42 heavy (non-hydrogen) atoms. The Morgan fingerprint density at radius 1 is 1.02 bits per heavy atom. The first-order chi connectivity index (χ1) is 20.4. The van der Waals surface area contributed by atoms with Gasteiger partial charge in [-0.2, -0.15) is 0 Å². The molecule has 1 aliphatic heterocycles. The van der Waals surface area contributed by atoms with Gasteiger partial charge in [-0.3, -0.25) is 9.30 Å². The van der Waals surface area contributed by atoms with E-state index in [9.17, 15) is 0 Å². The lowest BCUT2D eigenvalue weighted by atomic mass is 9.95. The summed E-state index contributed by atoms with van der Waals surface area (Å²) in [6, 6.07) is 19.4. The van der Waals surface area contributed by atoms with Gasteiger partial charge in [0.2, 0.25) is 0 Å². The summed E-state index contributed by atoms with van der Waals surface area (Å²) in [5, 5.41) is 2.33. The third-order valence-corrected chi connectivity index (χ3v) is 8.62. The fourth-order valence-corrected chi connectivity index (χ4v) is 6.59. The zero-order valence-corrected chi connectivity index (χ0v) is 24.6. The highest BCUT2D eigenvalue weighted by Gasteiger charge is 2.24. The maximum absolute atomic E-state index is 6.64. The molecular weight excluding hydrogens is 520 g/mol. The summed E-state index contributed by atoms with van der Waals surface area (Å²) in [7, 11) is 0. The number of nitrogens with zero attached hydrogens (tertiary/aromatic N) is 5. The Balaban J connectivity index is 1.35. The number of nitrogens with two attached hydrogens (primary N) is 2. The number of likely N-dealkylation sites (tertiary alicyclic amines) is 1. The standard InChI is InChI=1S/C34H38N8/c1-20(2)34-40-31(32-33(36)37-17-24(42(32)34)19-41-15-7-9-23(35)18-41)27-14-13-22(25-10-4-5-11-26(25)27)16-29-38-28-12-6-8-21(3)30(28)39-29/h4-6,8,10-14,17,20,23H,7,9,15-16,18-19,35H2,1-3H3,(H2,36,37)(H,38,39)/t23-/m0/s1. The zero-order chi connectivity index (χ0) is 29.0. The van der Waals surface area contributed by atoms with E-state index in [0.29, 0.717) is 12.2 Å². The molecule has 3 aromatic heterocycles. The zero-order valence-electron chi connectivity index (χ0n) is 24.6. The van der Waals surface area contributed by atoms with Gasteiger partial charge in [0.05, 0.1) is 22.9 Å². The van der Waals surface area contributed by atoms with E-state index in [-0.39, 0.29) is 12.0 Å². The van der Waals surface area contributed by atoms with Crippen molar-refractivity contribution >= 4 is 33.1 Å². The van der Waals surface area contributed by atoms with E-state index >= 15 is 0 Å². The molecule has 3 aromatic carbocycles. The molecule has 0 bridgehead atoms. The van der Waals surface area contributed by atoms with Gasteiger partial charge in [0.1, 0.15) is 28.7 Å². The van der Waals surface area contributed by atoms with Crippen LogP contribution >= 0.6 is 0 Å². The van der Waals surface area contributed by atoms with E-state index in [1.54, 1.807) is 0 Å². The van der Waals surface area contributed by atoms with Gasteiger partial charge in [-0.05, 0) is 54.3 Å². The van der Waals surface area contributed by atoms with Crippen molar-refractivity contribution in [2.24, 2.45) is 5.73 Å². The number of hydrogen-bond acceptors (Lipinski definition) is 6. The molecule has 0 spiro atoms. The van der Waals surface area contributed by atoms with Crippen LogP contribution in [-0.4, -0.2) is 48.4 Å². The van der Waals surface area contributed by atoms with Crippen LogP contribution in [0.5, 0.6) is 0 Å². The largest absolute Gasteiger partial charge is 0.382 e. The molecule has 0 amide bonds. The van der Waals surface area contributed by atoms with Crippen LogP contribution in [0, 0.1) is 6.92 Å². The van der Waals surface area contributed by atoms with Gasteiger partial charge in [0, 0.05) is 37.0 Å². The molecule has 0 radical (unpaired) electrons. The highest BCUT2D eigenvalue weighted by Crippen LogP contribution is 2.37. The summed E-state index contributed by atoms with van der Waals surface area (Å²) < 4.78 is 2.25. The minimum absolute atomic E-state index is 0.206. The van der Waals surface area contributed by atoms with Crippen LogP contribution in [0.25, 0.3) is 38.6 Å². The number of aromatic nitrogens is 5. The van der Waals surface area contributed by atoms with Gasteiger partial charge in [-0.15, -0.1) is 0 Å². The van der Waals surface area contributed by atoms with Crippen LogP contribution in [0.4, 0.5) is 5.82 Å². The van der Waals surface area contributed by atoms with Crippen molar-refractivity contribution in [3.8, 4) is 11.3 Å². The van der Waals surface area contributed by atoms with Crippen molar-refractivity contribution in [3.63, 3.8) is 0 Å². The Bertz CT molecular complexity index is 1930. The number of benzene rings is 3. The number of H-pyrrole nitrogens is 1. The number of rotatable bonds is 6. The number of aromatic amines is 1. The molecule has 6 aromatic rings. The molecule has 1 aliphatic rings. The van der Waals surface area contributed by atoms with E-state index in [1.807, 2.05) is 6.20 Å². The molecule has 1 atom stereocenters. The van der Waals surface area contributed by atoms with Crippen molar-refractivity contribution < 1.29 is 0 Å². The summed E-state index contributed by atoms with van der Waals surface area (Å²) in [6.07, 6.45) is 4.82. The predicted octanol–water partition coefficient (Wildman–Crippen LogP) is 5.95. The summed E-state index contributed by atoms with van der Waals surface area (Å²) >= 11 is 0. The highest BCUT2D eigenvalue weighted by atomic mass is 15.2. The molecule has 1 fully saturated rings. The minimum atomic E-state index is 0.206. The second-order valence-electron chi connectivity index (χ2n) is 12.1. The van der Waals surface area contributed by atoms with Crippen LogP contribution in [-0.2, 0) is 13.0 Å². The van der Waals surface area contributed by atoms with Gasteiger partial charge < -0.3 is 16.5 Å². The van der Waals surface area contributed by atoms with E-state index < -0.39 is 0 Å². The predicted molar refractivity (Wildman–Crippen MR) is 171 cm³/mol. The summed E-state index contributed by atoms with van der Waals surface area (Å²) in [5.74, 6) is 2.66. The van der Waals surface area contributed by atoms with Gasteiger partial charge in [0.25, 0.3) is 0 Å². The average Bonchev–Trinajstić information content (AvgIpc) is 3.58. The molecule has 0 saturated carbocycles. The number of aryl methyl sites for hydroxylation is 1. The number of piperidine rings is 1. The van der Waals surface area contributed by atoms with E-state index in [1.165, 1.54) is 16.5 Å². The van der Waals surface area contributed by atoms with E-state index in [0.717, 1.165) is 83.0 Å². The Morgan fingerprint density at radius 2 is 1.86 bits per heavy atom. The molecule has 0 unspecified atom stereocenters. The maximum Gasteiger partial charge on any atom is 0.150 e. The number of fused-ring (bicyclic) bond motifs is 3. The van der Waals surface area contributed by atoms with Crippen molar-refractivity contribution in [1.82, 2.24) is 29.2 Å². The minimum Gasteiger partial charge on any atom is -0.382 e. The summed E-state index contributed by atoms with van der Waals surface area (Å²) in [4.78, 5) is 20.8. The van der Waals surface area contributed by atoms with E-state index in [4.69, 9.17) is 21.4 Å². The lowest BCUT2D eigenvalue weighted by Crippen LogP contribution is -2.42. The van der Waals surface area contributed by atoms with Gasteiger partial charge in [-0.1, -0.05) is 62.4 Å². The van der Waals surface area contributed by atoms with Crippen molar-refractivity contribution in [2.45, 2.75) is 58.5 Å². The Labute approximate surface area is 245 Å². The number of nitrogens with one attached hydrogen (secondary N) is 1. The Morgan fingerprint density at radius 3 is 2.64 bits per heavy atom. The fraction of sp³-hybridized carbons (Fsp3) is 0.324. The molecular formula is C34H38N8. The number of hydrogen-bond donors (Lipinski definition) is 3. The number of imidazole rings is 2. The lowest BCUT2D eigenvalue weighted by Gasteiger charge is -2.30. The lowest BCUT2D eigenvalue weighted by molar-refractivity contribution is 0.198. The molecule has 214 valence electrons. The summed E-state index contributed by atoms with van der Waals surface area (Å²) in [5.41, 5.74) is 21.4. The molecule has 8 heteroatoms. The number of para-hydroxylation sites is 1.